The number of aliphatic hydroxyl groups is 1. The van der Waals surface area contributed by atoms with E-state index in [2.05, 4.69) is 5.32 Å². The number of likely N-dealkylation sites (tertiary alicyclic amines) is 1. The number of urea groups is 1. The molecule has 0 spiro atoms. The summed E-state index contributed by atoms with van der Waals surface area (Å²) in [4.78, 5) is 35.1. The second kappa shape index (κ2) is 5.80. The molecule has 0 bridgehead atoms. The monoisotopic (exact) mass is 293 g/mol. The summed E-state index contributed by atoms with van der Waals surface area (Å²) in [5.41, 5.74) is 5.80. The number of nitrogens with zero attached hydrogens (tertiary/aromatic N) is 1. The predicted molar refractivity (Wildman–Crippen MR) is 72.7 cm³/mol. The first-order valence-corrected chi connectivity index (χ1v) is 6.27. The van der Waals surface area contributed by atoms with Crippen molar-refractivity contribution in [3.05, 3.63) is 29.8 Å². The summed E-state index contributed by atoms with van der Waals surface area (Å²) in [6, 6.07) is 4.20. The minimum atomic E-state index is -1.16. The van der Waals surface area contributed by atoms with Gasteiger partial charge in [0.05, 0.1) is 6.10 Å². The number of carbonyl (C=O) groups excluding carboxylic acids is 2. The van der Waals surface area contributed by atoms with Crippen LogP contribution in [0.2, 0.25) is 0 Å². The molecule has 1 aromatic carbocycles. The standard InChI is InChI=1S/C13H15N3O5/c14-11(18)7-1-3-8(4-2-7)15-13(21)16-6-9(17)5-10(16)12(19)20/h1-4,9-10,17H,5-6H2,(H2,14,18)(H,15,21)(H,19,20). The van der Waals surface area contributed by atoms with Crippen LogP contribution in [0, 0.1) is 0 Å². The molecule has 2 atom stereocenters. The molecule has 1 heterocycles. The molecule has 8 heteroatoms. The van der Waals surface area contributed by atoms with Crippen molar-refractivity contribution in [3.63, 3.8) is 0 Å². The van der Waals surface area contributed by atoms with Crippen molar-refractivity contribution >= 4 is 23.6 Å². The van der Waals surface area contributed by atoms with E-state index < -0.39 is 30.1 Å². The lowest BCUT2D eigenvalue weighted by molar-refractivity contribution is -0.141. The van der Waals surface area contributed by atoms with E-state index in [-0.39, 0.29) is 13.0 Å². The second-order valence-corrected chi connectivity index (χ2v) is 4.77. The summed E-state index contributed by atoms with van der Waals surface area (Å²) in [5, 5.41) is 21.0. The molecule has 1 aliphatic heterocycles. The van der Waals surface area contributed by atoms with E-state index in [1.807, 2.05) is 0 Å². The number of primary amides is 1. The van der Waals surface area contributed by atoms with Gasteiger partial charge in [0.15, 0.2) is 0 Å². The Balaban J connectivity index is 2.06. The highest BCUT2D eigenvalue weighted by Crippen LogP contribution is 2.20. The number of hydrogen-bond acceptors (Lipinski definition) is 4. The molecular weight excluding hydrogens is 278 g/mol. The molecule has 3 amide bonds. The Morgan fingerprint density at radius 1 is 1.24 bits per heavy atom. The van der Waals surface area contributed by atoms with Gasteiger partial charge in [-0.1, -0.05) is 0 Å². The van der Waals surface area contributed by atoms with Crippen molar-refractivity contribution in [1.29, 1.82) is 0 Å². The molecule has 8 nitrogen and oxygen atoms in total. The molecule has 0 aromatic heterocycles. The topological polar surface area (TPSA) is 133 Å². The summed E-state index contributed by atoms with van der Waals surface area (Å²) in [6.07, 6.45) is -0.849. The maximum absolute atomic E-state index is 12.0. The fraction of sp³-hybridized carbons (Fsp3) is 0.308. The number of hydrogen-bond donors (Lipinski definition) is 4. The number of anilines is 1. The SMILES string of the molecule is NC(=O)c1ccc(NC(=O)N2CC(O)CC2C(=O)O)cc1. The maximum Gasteiger partial charge on any atom is 0.326 e. The van der Waals surface area contributed by atoms with Crippen LogP contribution in [-0.4, -0.2) is 51.7 Å². The number of nitrogens with two attached hydrogens (primary N) is 1. The van der Waals surface area contributed by atoms with Gasteiger partial charge >= 0.3 is 12.0 Å². The van der Waals surface area contributed by atoms with Crippen LogP contribution in [0.1, 0.15) is 16.8 Å². The number of benzene rings is 1. The zero-order chi connectivity index (χ0) is 15.6. The van der Waals surface area contributed by atoms with Crippen molar-refractivity contribution < 1.29 is 24.6 Å². The average Bonchev–Trinajstić information content (AvgIpc) is 2.82. The van der Waals surface area contributed by atoms with Crippen LogP contribution in [0.4, 0.5) is 10.5 Å². The van der Waals surface area contributed by atoms with Gasteiger partial charge in [-0.3, -0.25) is 4.79 Å². The molecule has 5 N–H and O–H groups in total. The number of β-amino-alcohol motifs (C(OH)–C–C–N with tert-alkyl or cyclic N) is 1. The van der Waals surface area contributed by atoms with Crippen LogP contribution in [-0.2, 0) is 4.79 Å². The lowest BCUT2D eigenvalue weighted by atomic mass is 10.2. The quantitative estimate of drug-likeness (QED) is 0.614. The fourth-order valence-corrected chi connectivity index (χ4v) is 2.19. The highest BCUT2D eigenvalue weighted by Gasteiger charge is 2.38. The largest absolute Gasteiger partial charge is 0.480 e. The van der Waals surface area contributed by atoms with E-state index in [0.717, 1.165) is 4.90 Å². The Hall–Kier alpha value is -2.61. The molecule has 0 radical (unpaired) electrons. The van der Waals surface area contributed by atoms with Crippen molar-refractivity contribution in [3.8, 4) is 0 Å². The van der Waals surface area contributed by atoms with E-state index in [0.29, 0.717) is 11.3 Å². The molecule has 1 saturated heterocycles. The summed E-state index contributed by atoms with van der Waals surface area (Å²) >= 11 is 0. The highest BCUT2D eigenvalue weighted by atomic mass is 16.4. The molecular formula is C13H15N3O5. The number of amides is 3. The molecule has 2 rings (SSSR count). The van der Waals surface area contributed by atoms with Crippen molar-refractivity contribution in [2.24, 2.45) is 5.73 Å². The van der Waals surface area contributed by atoms with Crippen LogP contribution in [0.25, 0.3) is 0 Å². The molecule has 21 heavy (non-hydrogen) atoms. The van der Waals surface area contributed by atoms with Crippen molar-refractivity contribution in [2.45, 2.75) is 18.6 Å². The van der Waals surface area contributed by atoms with Gasteiger partial charge in [-0.25, -0.2) is 9.59 Å². The Kier molecular flexibility index (Phi) is 4.08. The number of carboxylic acid groups (broad SMARTS) is 1. The van der Waals surface area contributed by atoms with Gasteiger partial charge in [0.25, 0.3) is 0 Å². The number of nitrogens with one attached hydrogen (secondary N) is 1. The zero-order valence-corrected chi connectivity index (χ0v) is 11.0. The number of carbonyl (C=O) groups is 3. The lowest BCUT2D eigenvalue weighted by Crippen LogP contribution is -2.43. The van der Waals surface area contributed by atoms with E-state index >= 15 is 0 Å². The molecule has 1 aliphatic rings. The van der Waals surface area contributed by atoms with E-state index in [1.165, 1.54) is 24.3 Å². The highest BCUT2D eigenvalue weighted by molar-refractivity contribution is 5.95. The molecule has 112 valence electrons. The van der Waals surface area contributed by atoms with Crippen LogP contribution in [0.15, 0.2) is 24.3 Å². The van der Waals surface area contributed by atoms with Gasteiger partial charge in [0.1, 0.15) is 6.04 Å². The first kappa shape index (κ1) is 14.8. The minimum Gasteiger partial charge on any atom is -0.480 e. The van der Waals surface area contributed by atoms with E-state index in [1.54, 1.807) is 0 Å². The Bertz CT molecular complexity index is 572. The first-order valence-electron chi connectivity index (χ1n) is 6.27. The Labute approximate surface area is 120 Å². The summed E-state index contributed by atoms with van der Waals surface area (Å²) in [7, 11) is 0. The summed E-state index contributed by atoms with van der Waals surface area (Å²) in [5.74, 6) is -1.74. The summed E-state index contributed by atoms with van der Waals surface area (Å²) in [6.45, 7) is -0.0395. The smallest absolute Gasteiger partial charge is 0.326 e. The molecule has 2 unspecified atom stereocenters. The van der Waals surface area contributed by atoms with Crippen molar-refractivity contribution in [1.82, 2.24) is 4.90 Å². The van der Waals surface area contributed by atoms with Crippen LogP contribution in [0.3, 0.4) is 0 Å². The van der Waals surface area contributed by atoms with Crippen LogP contribution in [0.5, 0.6) is 0 Å². The van der Waals surface area contributed by atoms with Gasteiger partial charge in [-0.2, -0.15) is 0 Å². The third kappa shape index (κ3) is 3.29. The number of carboxylic acids is 1. The normalized spacial score (nSPS) is 21.1. The fourth-order valence-electron chi connectivity index (χ4n) is 2.19. The third-order valence-electron chi connectivity index (χ3n) is 3.25. The molecule has 1 aromatic rings. The van der Waals surface area contributed by atoms with Gasteiger partial charge in [0, 0.05) is 24.2 Å². The second-order valence-electron chi connectivity index (χ2n) is 4.77. The van der Waals surface area contributed by atoms with E-state index in [4.69, 9.17) is 10.8 Å². The average molecular weight is 293 g/mol. The van der Waals surface area contributed by atoms with Gasteiger partial charge in [-0.15, -0.1) is 0 Å². The summed E-state index contributed by atoms with van der Waals surface area (Å²) < 4.78 is 0. The number of aliphatic hydroxyl groups excluding tert-OH is 1. The molecule has 1 fully saturated rings. The lowest BCUT2D eigenvalue weighted by Gasteiger charge is -2.21. The number of rotatable bonds is 3. The first-order chi connectivity index (χ1) is 9.88. The Morgan fingerprint density at radius 3 is 2.38 bits per heavy atom. The minimum absolute atomic E-state index is 0.00334. The van der Waals surface area contributed by atoms with Gasteiger partial charge in [-0.05, 0) is 24.3 Å². The Morgan fingerprint density at radius 2 is 1.86 bits per heavy atom. The van der Waals surface area contributed by atoms with Crippen LogP contribution < -0.4 is 11.1 Å². The zero-order valence-electron chi connectivity index (χ0n) is 11.0. The third-order valence-corrected chi connectivity index (χ3v) is 3.25. The molecule has 0 saturated carbocycles. The van der Waals surface area contributed by atoms with Gasteiger partial charge < -0.3 is 26.2 Å². The van der Waals surface area contributed by atoms with E-state index in [9.17, 15) is 19.5 Å². The predicted octanol–water partition coefficient (Wildman–Crippen LogP) is -0.163. The van der Waals surface area contributed by atoms with Crippen LogP contribution >= 0.6 is 0 Å². The maximum atomic E-state index is 12.0. The molecule has 0 aliphatic carbocycles. The van der Waals surface area contributed by atoms with Gasteiger partial charge in [0.2, 0.25) is 5.91 Å². The van der Waals surface area contributed by atoms with Crippen molar-refractivity contribution in [2.75, 3.05) is 11.9 Å². The number of aliphatic carboxylic acids is 1.